The van der Waals surface area contributed by atoms with E-state index < -0.39 is 204 Å². The molecule has 21 atom stereocenters. The number of nitrogens with zero attached hydrogens (tertiary/aromatic N) is 6. The van der Waals surface area contributed by atoms with Gasteiger partial charge in [0, 0.05) is 93.4 Å². The van der Waals surface area contributed by atoms with E-state index >= 15 is 0 Å². The lowest BCUT2D eigenvalue weighted by molar-refractivity contribution is -0.142. The van der Waals surface area contributed by atoms with Crippen LogP contribution in [0.25, 0.3) is 0 Å². The maximum absolute atomic E-state index is 14.5. The molecule has 9 N–H and O–H groups in total. The second-order valence-electron chi connectivity index (χ2n) is 46.7. The Balaban J connectivity index is 0.000000176. The summed E-state index contributed by atoms with van der Waals surface area (Å²) in [5, 5.41) is 12.7. The number of carbonyl (C=O) groups excluding carboxylic acids is 12. The molecule has 12 amide bonds. The van der Waals surface area contributed by atoms with Crippen molar-refractivity contribution < 1.29 is 114 Å². The topological polar surface area (TPSA) is 464 Å². The van der Waals surface area contributed by atoms with Gasteiger partial charge in [-0.15, -0.1) is 19.7 Å². The second-order valence-corrected chi connectivity index (χ2v) is 55.1. The van der Waals surface area contributed by atoms with Gasteiger partial charge in [0.05, 0.1) is 39.5 Å². The Morgan fingerprint density at radius 1 is 0.430 bits per heavy atom. The third-order valence-electron chi connectivity index (χ3n) is 32.0. The van der Waals surface area contributed by atoms with Crippen molar-refractivity contribution in [1.29, 1.82) is 0 Å². The molecule has 4 aromatic rings. The van der Waals surface area contributed by atoms with Gasteiger partial charge in [-0.05, 0) is 173 Å². The van der Waals surface area contributed by atoms with E-state index in [2.05, 4.69) is 69.8 Å². The molecule has 814 valence electrons. The van der Waals surface area contributed by atoms with Crippen molar-refractivity contribution in [1.82, 2.24) is 61.3 Å². The van der Waals surface area contributed by atoms with Crippen LogP contribution in [0.3, 0.4) is 0 Å². The Hall–Kier alpha value is -10.9. The Morgan fingerprint density at radius 3 is 1.02 bits per heavy atom. The molecule has 3 aliphatic carbocycles. The molecule has 12 bridgehead atoms. The van der Waals surface area contributed by atoms with Crippen LogP contribution in [0.15, 0.2) is 123 Å². The molecule has 3 saturated carbocycles. The number of benzene rings is 4. The van der Waals surface area contributed by atoms with Crippen LogP contribution in [0, 0.1) is 51.8 Å². The number of alkyl carbamates (subject to hydrolysis) is 3. The fourth-order valence-corrected chi connectivity index (χ4v) is 29.0. The molecule has 16 rings (SSSR count). The van der Waals surface area contributed by atoms with Crippen LogP contribution in [0.4, 0.5) is 28.8 Å². The highest BCUT2D eigenvalue weighted by molar-refractivity contribution is 7.68. The molecular formula is C110H155N12O24P3. The Labute approximate surface area is 875 Å². The summed E-state index contributed by atoms with van der Waals surface area (Å²) in [7, 11) is -11.9. The predicted molar refractivity (Wildman–Crippen MR) is 560 cm³/mol. The van der Waals surface area contributed by atoms with Crippen molar-refractivity contribution in [3.05, 3.63) is 173 Å². The summed E-state index contributed by atoms with van der Waals surface area (Å²) in [5.74, 6) is -4.46. The molecule has 3 unspecified atom stereocenters. The fourth-order valence-electron chi connectivity index (χ4n) is 22.5. The number of aryl methyl sites for hydroxylation is 3. The Morgan fingerprint density at radius 2 is 0.725 bits per heavy atom. The molecule has 4 aromatic carbocycles. The van der Waals surface area contributed by atoms with E-state index in [0.29, 0.717) is 39.3 Å². The maximum Gasteiger partial charge on any atom is 0.410 e. The average Bonchev–Trinajstić information content (AvgIpc) is 1.55. The van der Waals surface area contributed by atoms with Gasteiger partial charge in [0.15, 0.2) is 0 Å². The van der Waals surface area contributed by atoms with Crippen LogP contribution < -0.4 is 37.2 Å². The van der Waals surface area contributed by atoms with Crippen molar-refractivity contribution in [2.75, 3.05) is 45.6 Å². The molecule has 12 aliphatic rings. The van der Waals surface area contributed by atoms with Gasteiger partial charge in [0.2, 0.25) is 50.2 Å². The molecule has 0 radical (unpaired) electrons. The average molecular weight is 2120 g/mol. The van der Waals surface area contributed by atoms with Crippen molar-refractivity contribution in [3.63, 3.8) is 0 Å². The number of rotatable bonds is 15. The molecule has 36 nitrogen and oxygen atoms in total. The first-order valence-electron chi connectivity index (χ1n) is 53.0. The van der Waals surface area contributed by atoms with Gasteiger partial charge in [0.1, 0.15) is 70.4 Å². The lowest BCUT2D eigenvalue weighted by Gasteiger charge is -2.36. The van der Waals surface area contributed by atoms with Crippen molar-refractivity contribution in [2.45, 2.75) is 335 Å². The maximum atomic E-state index is 14.5. The summed E-state index contributed by atoms with van der Waals surface area (Å²) in [6, 6.07) is 19.9. The smallest absolute Gasteiger partial charge is 0.410 e. The number of hydrogen-bond acceptors (Lipinski definition) is 21. The Bertz CT molecular complexity index is 5880. The summed E-state index contributed by atoms with van der Waals surface area (Å²) in [6.45, 7) is 41.3. The number of fused-ring (bicyclic) bond motifs is 9. The number of carbonyl (C=O) groups is 12. The zero-order chi connectivity index (χ0) is 108. The molecule has 0 spiro atoms. The summed E-state index contributed by atoms with van der Waals surface area (Å²) >= 11 is 0. The van der Waals surface area contributed by atoms with E-state index in [-0.39, 0.29) is 107 Å². The number of ether oxygens (including phenoxy) is 6. The monoisotopic (exact) mass is 2120 g/mol. The third kappa shape index (κ3) is 25.2. The number of hydrogen-bond donors (Lipinski definition) is 9. The van der Waals surface area contributed by atoms with Crippen LogP contribution in [-0.4, -0.2) is 238 Å². The number of nitrogens with one attached hydrogen (secondary N) is 6. The van der Waals surface area contributed by atoms with Crippen LogP contribution >= 0.6 is 22.1 Å². The molecule has 0 aromatic heterocycles. The highest BCUT2D eigenvalue weighted by atomic mass is 31.2. The molecule has 9 aliphatic heterocycles. The van der Waals surface area contributed by atoms with Gasteiger partial charge < -0.3 is 89.7 Å². The van der Waals surface area contributed by atoms with Gasteiger partial charge in [-0.2, -0.15) is 0 Å². The lowest BCUT2D eigenvalue weighted by atomic mass is 9.85. The first-order valence-corrected chi connectivity index (χ1v) is 58.2. The molecule has 9 heterocycles. The zero-order valence-corrected chi connectivity index (χ0v) is 91.7. The van der Waals surface area contributed by atoms with E-state index in [1.807, 2.05) is 57.2 Å². The van der Waals surface area contributed by atoms with E-state index in [1.54, 1.807) is 146 Å². The van der Waals surface area contributed by atoms with Crippen LogP contribution in [0.1, 0.15) is 250 Å². The summed E-state index contributed by atoms with van der Waals surface area (Å²) in [5.41, 5.74) is 7.20. The van der Waals surface area contributed by atoms with E-state index in [9.17, 15) is 85.9 Å². The molecular weight excluding hydrogens is 1970 g/mol. The summed E-state index contributed by atoms with van der Waals surface area (Å²) in [6.07, 6.45) is 9.85. The summed E-state index contributed by atoms with van der Waals surface area (Å²) in [4.78, 5) is 208. The Kier molecular flexibility index (Phi) is 35.1. The van der Waals surface area contributed by atoms with Gasteiger partial charge in [-0.25, -0.2) is 28.8 Å². The largest absolute Gasteiger partial charge is 0.449 e. The molecule has 3 saturated heterocycles. The summed E-state index contributed by atoms with van der Waals surface area (Å²) < 4.78 is 75.7. The van der Waals surface area contributed by atoms with E-state index in [4.69, 9.17) is 28.4 Å². The highest BCUT2D eigenvalue weighted by Crippen LogP contribution is 2.73. The van der Waals surface area contributed by atoms with Crippen molar-refractivity contribution in [3.8, 4) is 0 Å². The predicted octanol–water partition coefficient (Wildman–Crippen LogP) is 15.5. The van der Waals surface area contributed by atoms with Gasteiger partial charge in [-0.3, -0.25) is 57.2 Å². The number of cyclic esters (lactones) is 3. The zero-order valence-electron chi connectivity index (χ0n) is 89.0. The fraction of sp³-hybridized carbons (Fsp3) is 0.618. The van der Waals surface area contributed by atoms with Crippen molar-refractivity contribution >= 4 is 99.4 Å². The quantitative estimate of drug-likeness (QED) is 0.0303. The van der Waals surface area contributed by atoms with Crippen LogP contribution in [0.5, 0.6) is 0 Å². The minimum atomic E-state index is -4.19. The minimum Gasteiger partial charge on any atom is -0.449 e. The van der Waals surface area contributed by atoms with Crippen molar-refractivity contribution in [2.24, 2.45) is 51.8 Å². The third-order valence-corrected chi connectivity index (χ3v) is 40.6. The normalized spacial score (nSPS) is 30.6. The molecule has 6 fully saturated rings. The van der Waals surface area contributed by atoms with Gasteiger partial charge in [-0.1, -0.05) is 214 Å². The number of amides is 12. The first kappa shape index (κ1) is 114. The van der Waals surface area contributed by atoms with Gasteiger partial charge >= 0.3 is 36.6 Å². The van der Waals surface area contributed by atoms with Crippen LogP contribution in [-0.2, 0) is 129 Å². The van der Waals surface area contributed by atoms with Gasteiger partial charge in [0.25, 0.3) is 7.37 Å². The lowest BCUT2D eigenvalue weighted by Crippen LogP contribution is -2.58. The standard InChI is InChI=1S/C39H51N4O8P.C36H53N4O8P.C35H51N4O8P/c1-6-28-20-39(28,52(48,49)30-17-8-7-9-18-30)41-34(44)32-19-29-22-43(32)35(45)33(38(3,4)5)40-36(46)50-24-25(2)13-10-11-14-26-15-12-16-27-21-42(23-31(26)27)37(47)51-29;1-8-26-17-36(26,49(45,46)22(2)3)38-31(41)29-16-27-19-40(29)32(42)30(35(5,6)7)37-33(43)47-21-23(4)12-9-10-13-24-14-11-15-25-18-39(20-28(24)25)34(44)48-27;1-7-25-17-35(25,48(44,45)8-2)37-30(40)28-16-26-19-39(28)31(41)29(34(4,5)6)36-32(42)46-21-22(3)12-9-10-13-23-14-11-15-24-18-38(20-27(23)24)33(43)47-26/h6-9,12,15-18,25,28-29,32-33H,1,10-11,13-14,19-24H2,2-5H3,(H,40,46)(H,41,44)(H,48,49);8,11,14-15,22-23,26-27,29-30H,1,9-10,12-13,16-21H2,2-7H3,(H,37,43)(H,38,41)(H,45,46);7,11,14-15,22,25-26,28-29H,1,8-10,12-13,16-21H2,2-6H3,(H,36,42)(H,37,40)(H,44,45)/t25-,28+,29+,32-,33+,39-;23-,26+,27+,29-,30+,36-;22-,25+,26+,28-,29+,35-/m000/s1. The molecule has 149 heavy (non-hydrogen) atoms. The highest BCUT2D eigenvalue weighted by Gasteiger charge is 2.70. The van der Waals surface area contributed by atoms with Crippen LogP contribution in [0.2, 0.25) is 0 Å². The minimum absolute atomic E-state index is 0.00906. The second kappa shape index (κ2) is 46.0. The molecule has 39 heteroatoms. The first-order chi connectivity index (χ1) is 70.2. The van der Waals surface area contributed by atoms with E-state index in [0.717, 1.165) is 110 Å². The SMILES string of the molecule is C=C[C@@H]1C[C@]1(NC(=O)[C@@H]1C[C@@H]2CN1C(=O)[C@H](C(C)(C)C)NC(=O)OC[C@@H](C)CCCCc1cccc3c1CN(C3)C(=O)O2)P(=O)(O)C(C)C.C=C[C@@H]1C[C@]1(NC(=O)[C@@H]1C[C@@H]2CN1C(=O)[C@H](C(C)(C)C)NC(=O)OC[C@@H](C)CCCCc1cccc3c1CN(C3)C(=O)O2)P(=O)(O)CC.C=C[C@@H]1C[C@]1(NC(=O)[C@@H]1C[C@@H]2CN1C(=O)[C@H](C(C)(C)C)NC(=O)OC[C@@H](C)CCCCc1cccc3c1CN(C3)C(=O)O2)P(=O)(O)c1ccccc1. The van der Waals surface area contributed by atoms with E-state index in [1.165, 1.54) is 31.4 Å².